The Hall–Kier alpha value is -1.29. The number of carbonyl (C=O) groups excluding carboxylic acids is 1. The van der Waals surface area contributed by atoms with Crippen molar-refractivity contribution in [2.24, 2.45) is 0 Å². The highest BCUT2D eigenvalue weighted by molar-refractivity contribution is 5.68. The fraction of sp³-hybridized carbons (Fsp3) is 0.667. The summed E-state index contributed by atoms with van der Waals surface area (Å²) in [5.41, 5.74) is -1.63. The zero-order chi connectivity index (χ0) is 15.1. The average molecular weight is 269 g/mol. The third-order valence-corrected chi connectivity index (χ3v) is 2.74. The summed E-state index contributed by atoms with van der Waals surface area (Å²) < 4.78 is 5.21. The van der Waals surface area contributed by atoms with Crippen molar-refractivity contribution >= 4 is 6.09 Å². The molecule has 0 aromatic rings. The topological polar surface area (TPSA) is 58.6 Å². The molecule has 0 rings (SSSR count). The smallest absolute Gasteiger partial charge is 0.407 e. The first-order valence-electron chi connectivity index (χ1n) is 6.62. The van der Waals surface area contributed by atoms with Gasteiger partial charge in [0.1, 0.15) is 5.60 Å². The molecule has 0 radical (unpaired) electrons. The van der Waals surface area contributed by atoms with Crippen LogP contribution in [-0.4, -0.2) is 28.4 Å². The zero-order valence-electron chi connectivity index (χ0n) is 12.5. The van der Waals surface area contributed by atoms with E-state index < -0.39 is 23.3 Å². The Bertz CT molecular complexity index is 308. The summed E-state index contributed by atoms with van der Waals surface area (Å²) >= 11 is 0. The van der Waals surface area contributed by atoms with Gasteiger partial charge in [-0.1, -0.05) is 19.1 Å². The standard InChI is InChI=1S/C15H27NO3/c1-7-10-15(18,11-8-2)12(9-3)16-13(17)19-14(4,5)6/h7-8,12,18H,1-2,9-11H2,3-6H3,(H,16,17)/t12-/m1/s1. The van der Waals surface area contributed by atoms with Crippen molar-refractivity contribution in [2.45, 2.75) is 64.2 Å². The van der Waals surface area contributed by atoms with E-state index in [1.54, 1.807) is 32.9 Å². The van der Waals surface area contributed by atoms with Gasteiger partial charge in [0.25, 0.3) is 0 Å². The van der Waals surface area contributed by atoms with Gasteiger partial charge in [0.2, 0.25) is 0 Å². The Morgan fingerprint density at radius 1 is 1.32 bits per heavy atom. The van der Waals surface area contributed by atoms with Crippen LogP contribution in [0.5, 0.6) is 0 Å². The van der Waals surface area contributed by atoms with Crippen LogP contribution in [-0.2, 0) is 4.74 Å². The number of carbonyl (C=O) groups is 1. The van der Waals surface area contributed by atoms with Gasteiger partial charge in [-0.25, -0.2) is 4.79 Å². The summed E-state index contributed by atoms with van der Waals surface area (Å²) in [7, 11) is 0. The fourth-order valence-electron chi connectivity index (χ4n) is 1.93. The third kappa shape index (κ3) is 6.43. The van der Waals surface area contributed by atoms with Crippen LogP contribution >= 0.6 is 0 Å². The average Bonchev–Trinajstić information content (AvgIpc) is 2.23. The predicted octanol–water partition coefficient (Wildman–Crippen LogP) is 3.17. The number of alkyl carbamates (subject to hydrolysis) is 1. The number of hydrogen-bond acceptors (Lipinski definition) is 3. The lowest BCUT2D eigenvalue weighted by Gasteiger charge is -2.35. The van der Waals surface area contributed by atoms with Crippen LogP contribution in [0.2, 0.25) is 0 Å². The van der Waals surface area contributed by atoms with Crippen LogP contribution in [0.4, 0.5) is 4.79 Å². The van der Waals surface area contributed by atoms with E-state index in [9.17, 15) is 9.90 Å². The van der Waals surface area contributed by atoms with E-state index in [1.807, 2.05) is 6.92 Å². The molecule has 2 N–H and O–H groups in total. The molecule has 0 unspecified atom stereocenters. The van der Waals surface area contributed by atoms with Crippen molar-refractivity contribution in [1.82, 2.24) is 5.32 Å². The van der Waals surface area contributed by atoms with E-state index in [-0.39, 0.29) is 0 Å². The van der Waals surface area contributed by atoms with Crippen LogP contribution < -0.4 is 5.32 Å². The molecular weight excluding hydrogens is 242 g/mol. The van der Waals surface area contributed by atoms with Gasteiger partial charge < -0.3 is 15.2 Å². The zero-order valence-corrected chi connectivity index (χ0v) is 12.5. The van der Waals surface area contributed by atoms with E-state index in [4.69, 9.17) is 4.74 Å². The lowest BCUT2D eigenvalue weighted by Crippen LogP contribution is -2.53. The first kappa shape index (κ1) is 17.7. The van der Waals surface area contributed by atoms with Crippen molar-refractivity contribution in [3.63, 3.8) is 0 Å². The van der Waals surface area contributed by atoms with Gasteiger partial charge in [-0.3, -0.25) is 0 Å². The Labute approximate surface area is 116 Å². The number of nitrogens with one attached hydrogen (secondary N) is 1. The number of amides is 1. The first-order chi connectivity index (χ1) is 8.68. The van der Waals surface area contributed by atoms with E-state index in [1.165, 1.54) is 0 Å². The lowest BCUT2D eigenvalue weighted by atomic mass is 9.85. The summed E-state index contributed by atoms with van der Waals surface area (Å²) in [6.07, 6.45) is 4.12. The predicted molar refractivity (Wildman–Crippen MR) is 78.0 cm³/mol. The molecule has 0 aromatic heterocycles. The molecule has 0 bridgehead atoms. The molecule has 0 aromatic carbocycles. The Morgan fingerprint density at radius 3 is 2.11 bits per heavy atom. The quantitative estimate of drug-likeness (QED) is 0.698. The molecule has 1 amide bonds. The summed E-state index contributed by atoms with van der Waals surface area (Å²) in [5.74, 6) is 0. The number of hydrogen-bond donors (Lipinski definition) is 2. The third-order valence-electron chi connectivity index (χ3n) is 2.74. The van der Waals surface area contributed by atoms with Crippen LogP contribution in [0.15, 0.2) is 25.3 Å². The maximum atomic E-state index is 11.8. The Balaban J connectivity index is 4.82. The molecule has 0 aliphatic rings. The van der Waals surface area contributed by atoms with Crippen LogP contribution in [0.25, 0.3) is 0 Å². The van der Waals surface area contributed by atoms with Gasteiger partial charge in [-0.05, 0) is 40.0 Å². The molecule has 4 nitrogen and oxygen atoms in total. The van der Waals surface area contributed by atoms with Crippen LogP contribution in [0, 0.1) is 0 Å². The first-order valence-corrected chi connectivity index (χ1v) is 6.62. The van der Waals surface area contributed by atoms with Crippen molar-refractivity contribution in [3.8, 4) is 0 Å². The maximum Gasteiger partial charge on any atom is 0.407 e. The highest BCUT2D eigenvalue weighted by Gasteiger charge is 2.35. The second kappa shape index (κ2) is 7.34. The SMILES string of the molecule is C=CCC(O)(CC=C)[C@@H](CC)NC(=O)OC(C)(C)C. The molecule has 0 fully saturated rings. The van der Waals surface area contributed by atoms with Gasteiger partial charge in [-0.2, -0.15) is 0 Å². The minimum atomic E-state index is -1.07. The summed E-state index contributed by atoms with van der Waals surface area (Å²) in [6.45, 7) is 14.6. The summed E-state index contributed by atoms with van der Waals surface area (Å²) in [4.78, 5) is 11.8. The molecular formula is C15H27NO3. The summed E-state index contributed by atoms with van der Waals surface area (Å²) in [5, 5.41) is 13.3. The highest BCUT2D eigenvalue weighted by Crippen LogP contribution is 2.24. The molecule has 0 heterocycles. The molecule has 0 aliphatic heterocycles. The van der Waals surface area contributed by atoms with Crippen LogP contribution in [0.1, 0.15) is 47.0 Å². The molecule has 0 saturated heterocycles. The Morgan fingerprint density at radius 2 is 1.79 bits per heavy atom. The number of ether oxygens (including phenoxy) is 1. The number of rotatable bonds is 7. The van der Waals surface area contributed by atoms with Crippen molar-refractivity contribution in [3.05, 3.63) is 25.3 Å². The van der Waals surface area contributed by atoms with Crippen molar-refractivity contribution in [1.29, 1.82) is 0 Å². The Kier molecular flexibility index (Phi) is 6.84. The molecule has 0 saturated carbocycles. The normalized spacial score (nSPS) is 13.5. The van der Waals surface area contributed by atoms with E-state index in [0.29, 0.717) is 19.3 Å². The van der Waals surface area contributed by atoms with Gasteiger partial charge in [0.15, 0.2) is 0 Å². The van der Waals surface area contributed by atoms with Gasteiger partial charge in [0, 0.05) is 0 Å². The maximum absolute atomic E-state index is 11.8. The minimum absolute atomic E-state index is 0.382. The molecule has 4 heteroatoms. The van der Waals surface area contributed by atoms with E-state index >= 15 is 0 Å². The van der Waals surface area contributed by atoms with Crippen LogP contribution in [0.3, 0.4) is 0 Å². The largest absolute Gasteiger partial charge is 0.444 e. The number of aliphatic hydroxyl groups is 1. The molecule has 19 heavy (non-hydrogen) atoms. The van der Waals surface area contributed by atoms with Gasteiger partial charge >= 0.3 is 6.09 Å². The van der Waals surface area contributed by atoms with Gasteiger partial charge in [-0.15, -0.1) is 13.2 Å². The highest BCUT2D eigenvalue weighted by atomic mass is 16.6. The van der Waals surface area contributed by atoms with Crippen molar-refractivity contribution < 1.29 is 14.6 Å². The summed E-state index contributed by atoms with van der Waals surface area (Å²) in [6, 6.07) is -0.404. The molecule has 1 atom stereocenters. The van der Waals surface area contributed by atoms with Gasteiger partial charge in [0.05, 0.1) is 11.6 Å². The fourth-order valence-corrected chi connectivity index (χ4v) is 1.93. The van der Waals surface area contributed by atoms with Crippen molar-refractivity contribution in [2.75, 3.05) is 0 Å². The molecule has 110 valence electrons. The second-order valence-electron chi connectivity index (χ2n) is 5.70. The second-order valence-corrected chi connectivity index (χ2v) is 5.70. The lowest BCUT2D eigenvalue weighted by molar-refractivity contribution is -0.00453. The minimum Gasteiger partial charge on any atom is -0.444 e. The van der Waals surface area contributed by atoms with E-state index in [0.717, 1.165) is 0 Å². The molecule has 0 spiro atoms. The van der Waals surface area contributed by atoms with E-state index in [2.05, 4.69) is 18.5 Å². The molecule has 0 aliphatic carbocycles. The monoisotopic (exact) mass is 269 g/mol.